The highest BCUT2D eigenvalue weighted by Crippen LogP contribution is 2.31. The molecule has 0 bridgehead atoms. The van der Waals surface area contributed by atoms with E-state index >= 15 is 0 Å². The lowest BCUT2D eigenvalue weighted by atomic mass is 10.1. The van der Waals surface area contributed by atoms with Gasteiger partial charge in [0.25, 0.3) is 0 Å². The Morgan fingerprint density at radius 3 is 1.97 bits per heavy atom. The van der Waals surface area contributed by atoms with Crippen LogP contribution in [0, 0.1) is 0 Å². The Morgan fingerprint density at radius 2 is 1.40 bits per heavy atom. The van der Waals surface area contributed by atoms with Crippen LogP contribution in [0.15, 0.2) is 47.4 Å². The molecule has 1 aliphatic heterocycles. The van der Waals surface area contributed by atoms with Crippen molar-refractivity contribution in [3.05, 3.63) is 63.1 Å². The van der Waals surface area contributed by atoms with Gasteiger partial charge in [-0.3, -0.25) is 9.59 Å². The van der Waals surface area contributed by atoms with E-state index in [9.17, 15) is 18.0 Å². The smallest absolute Gasteiger partial charge is 0.246 e. The molecule has 0 aromatic heterocycles. The van der Waals surface area contributed by atoms with Crippen molar-refractivity contribution < 1.29 is 18.0 Å². The molecule has 0 radical (unpaired) electrons. The van der Waals surface area contributed by atoms with E-state index in [0.717, 1.165) is 0 Å². The molecule has 2 aromatic carbocycles. The molecule has 3 rings (SSSR count). The number of sulfonamides is 1. The zero-order valence-electron chi connectivity index (χ0n) is 15.9. The van der Waals surface area contributed by atoms with Crippen LogP contribution in [-0.4, -0.2) is 55.5 Å². The SMILES string of the molecule is O=C(CCC(=O)N1CCN(S(=O)(=O)c2c(Cl)cccc2Cl)CC1)c1ccc(Cl)cc1. The van der Waals surface area contributed by atoms with Gasteiger partial charge >= 0.3 is 0 Å². The standard InChI is InChI=1S/C20H19Cl3N2O4S/c21-15-6-4-14(5-7-15)18(26)8-9-19(27)24-10-12-25(13-11-24)30(28,29)20-16(22)2-1-3-17(20)23/h1-7H,8-13H2. The van der Waals surface area contributed by atoms with Crippen molar-refractivity contribution in [1.29, 1.82) is 0 Å². The van der Waals surface area contributed by atoms with E-state index in [1.54, 1.807) is 35.2 Å². The van der Waals surface area contributed by atoms with Crippen molar-refractivity contribution in [3.63, 3.8) is 0 Å². The van der Waals surface area contributed by atoms with Crippen LogP contribution >= 0.6 is 34.8 Å². The van der Waals surface area contributed by atoms with Gasteiger partial charge in [0.15, 0.2) is 5.78 Å². The maximum absolute atomic E-state index is 12.9. The van der Waals surface area contributed by atoms with Gasteiger partial charge in [-0.05, 0) is 36.4 Å². The molecule has 0 atom stereocenters. The Balaban J connectivity index is 1.56. The van der Waals surface area contributed by atoms with Gasteiger partial charge in [0.05, 0.1) is 10.0 Å². The fraction of sp³-hybridized carbons (Fsp3) is 0.300. The summed E-state index contributed by atoms with van der Waals surface area (Å²) in [5.74, 6) is -0.334. The first-order chi connectivity index (χ1) is 14.2. The Hall–Kier alpha value is -1.64. The summed E-state index contributed by atoms with van der Waals surface area (Å²) in [6.07, 6.45) is 0.138. The lowest BCUT2D eigenvalue weighted by Crippen LogP contribution is -2.50. The van der Waals surface area contributed by atoms with Crippen LogP contribution in [0.4, 0.5) is 0 Å². The van der Waals surface area contributed by atoms with Gasteiger partial charge in [-0.2, -0.15) is 4.31 Å². The van der Waals surface area contributed by atoms with Crippen LogP contribution in [0.1, 0.15) is 23.2 Å². The van der Waals surface area contributed by atoms with E-state index in [4.69, 9.17) is 34.8 Å². The molecule has 0 N–H and O–H groups in total. The van der Waals surface area contributed by atoms with Crippen LogP contribution in [0.25, 0.3) is 0 Å². The molecule has 1 aliphatic rings. The zero-order chi connectivity index (χ0) is 21.9. The second-order valence-corrected chi connectivity index (χ2v) is 9.89. The molecule has 0 unspecified atom stereocenters. The molecule has 160 valence electrons. The molecular weight excluding hydrogens is 471 g/mol. The number of rotatable bonds is 6. The highest BCUT2D eigenvalue weighted by atomic mass is 35.5. The van der Waals surface area contributed by atoms with E-state index in [2.05, 4.69) is 0 Å². The quantitative estimate of drug-likeness (QED) is 0.572. The lowest BCUT2D eigenvalue weighted by Gasteiger charge is -2.34. The minimum Gasteiger partial charge on any atom is -0.340 e. The maximum atomic E-state index is 12.9. The zero-order valence-corrected chi connectivity index (χ0v) is 18.9. The van der Waals surface area contributed by atoms with Crippen LogP contribution in [-0.2, 0) is 14.8 Å². The largest absolute Gasteiger partial charge is 0.340 e. The summed E-state index contributed by atoms with van der Waals surface area (Å²) in [5.41, 5.74) is 0.500. The summed E-state index contributed by atoms with van der Waals surface area (Å²) in [6.45, 7) is 0.714. The number of benzene rings is 2. The molecule has 0 saturated carbocycles. The number of carbonyl (C=O) groups is 2. The third kappa shape index (κ3) is 5.15. The lowest BCUT2D eigenvalue weighted by molar-refractivity contribution is -0.132. The van der Waals surface area contributed by atoms with Gasteiger partial charge in [-0.25, -0.2) is 8.42 Å². The van der Waals surface area contributed by atoms with Gasteiger partial charge in [0.1, 0.15) is 4.90 Å². The fourth-order valence-corrected chi connectivity index (χ4v) is 5.83. The molecule has 2 aromatic rings. The Bertz CT molecular complexity index is 1030. The predicted molar refractivity (Wildman–Crippen MR) is 117 cm³/mol. The number of ketones is 1. The molecule has 10 heteroatoms. The van der Waals surface area contributed by atoms with Gasteiger partial charge in [-0.1, -0.05) is 40.9 Å². The molecule has 1 heterocycles. The summed E-state index contributed by atoms with van der Waals surface area (Å²) in [4.78, 5) is 26.1. The molecule has 1 fully saturated rings. The number of halogens is 3. The van der Waals surface area contributed by atoms with E-state index in [1.165, 1.54) is 16.4 Å². The van der Waals surface area contributed by atoms with E-state index in [-0.39, 0.29) is 65.7 Å². The first kappa shape index (κ1) is 23.0. The molecule has 30 heavy (non-hydrogen) atoms. The average molecular weight is 490 g/mol. The highest BCUT2D eigenvalue weighted by Gasteiger charge is 2.33. The van der Waals surface area contributed by atoms with Crippen molar-refractivity contribution >= 4 is 56.5 Å². The first-order valence-corrected chi connectivity index (χ1v) is 11.8. The second-order valence-electron chi connectivity index (χ2n) is 6.77. The Morgan fingerprint density at radius 1 is 0.833 bits per heavy atom. The van der Waals surface area contributed by atoms with Gasteiger partial charge in [-0.15, -0.1) is 0 Å². The molecule has 1 amide bonds. The topological polar surface area (TPSA) is 74.8 Å². The Kier molecular flexibility index (Phi) is 7.42. The first-order valence-electron chi connectivity index (χ1n) is 9.21. The van der Waals surface area contributed by atoms with Gasteiger partial charge in [0.2, 0.25) is 15.9 Å². The molecule has 0 spiro atoms. The second kappa shape index (κ2) is 9.66. The van der Waals surface area contributed by atoms with Crippen LogP contribution in [0.3, 0.4) is 0 Å². The van der Waals surface area contributed by atoms with E-state index < -0.39 is 10.0 Å². The minimum atomic E-state index is -3.87. The molecular formula is C20H19Cl3N2O4S. The van der Waals surface area contributed by atoms with Crippen molar-refractivity contribution in [1.82, 2.24) is 9.21 Å². The summed E-state index contributed by atoms with van der Waals surface area (Å²) >= 11 is 17.9. The molecule has 1 saturated heterocycles. The summed E-state index contributed by atoms with van der Waals surface area (Å²) in [7, 11) is -3.87. The van der Waals surface area contributed by atoms with Crippen molar-refractivity contribution in [3.8, 4) is 0 Å². The van der Waals surface area contributed by atoms with Crippen LogP contribution < -0.4 is 0 Å². The van der Waals surface area contributed by atoms with Gasteiger partial charge < -0.3 is 4.90 Å². The number of Topliss-reactive ketones (excluding diaryl/α,β-unsaturated/α-hetero) is 1. The third-order valence-electron chi connectivity index (χ3n) is 4.84. The number of carbonyl (C=O) groups excluding carboxylic acids is 2. The van der Waals surface area contributed by atoms with Crippen molar-refractivity contribution in [2.75, 3.05) is 26.2 Å². The molecule has 0 aliphatic carbocycles. The average Bonchev–Trinajstić information content (AvgIpc) is 2.72. The number of nitrogens with zero attached hydrogens (tertiary/aromatic N) is 2. The number of hydrogen-bond acceptors (Lipinski definition) is 4. The highest BCUT2D eigenvalue weighted by molar-refractivity contribution is 7.89. The number of amides is 1. The fourth-order valence-electron chi connectivity index (χ4n) is 3.19. The normalized spacial score (nSPS) is 15.2. The minimum absolute atomic E-state index is 0.0571. The van der Waals surface area contributed by atoms with Crippen LogP contribution in [0.2, 0.25) is 15.1 Å². The third-order valence-corrected chi connectivity index (χ3v) is 7.95. The molecule has 6 nitrogen and oxygen atoms in total. The number of hydrogen-bond donors (Lipinski definition) is 0. The van der Waals surface area contributed by atoms with Gasteiger partial charge in [0, 0.05) is 49.6 Å². The van der Waals surface area contributed by atoms with E-state index in [1.807, 2.05) is 0 Å². The van der Waals surface area contributed by atoms with Crippen molar-refractivity contribution in [2.45, 2.75) is 17.7 Å². The van der Waals surface area contributed by atoms with Crippen molar-refractivity contribution in [2.24, 2.45) is 0 Å². The maximum Gasteiger partial charge on any atom is 0.246 e. The number of piperazine rings is 1. The monoisotopic (exact) mass is 488 g/mol. The summed E-state index contributed by atoms with van der Waals surface area (Å²) < 4.78 is 27.1. The Labute approximate surface area is 190 Å². The summed E-state index contributed by atoms with van der Waals surface area (Å²) in [6, 6.07) is 11.0. The predicted octanol–water partition coefficient (Wildman–Crippen LogP) is 4.14. The van der Waals surface area contributed by atoms with E-state index in [0.29, 0.717) is 10.6 Å². The summed E-state index contributed by atoms with van der Waals surface area (Å²) in [5, 5.41) is 0.650. The van der Waals surface area contributed by atoms with Crippen LogP contribution in [0.5, 0.6) is 0 Å².